The molecule has 0 spiro atoms. The summed E-state index contributed by atoms with van der Waals surface area (Å²) >= 11 is 5.93. The van der Waals surface area contributed by atoms with E-state index in [9.17, 15) is 8.42 Å². The van der Waals surface area contributed by atoms with Crippen molar-refractivity contribution in [3.8, 4) is 0 Å². The van der Waals surface area contributed by atoms with Gasteiger partial charge in [0.1, 0.15) is 4.90 Å². The molecule has 0 bridgehead atoms. The second kappa shape index (κ2) is 5.97. The van der Waals surface area contributed by atoms with E-state index in [1.54, 1.807) is 18.2 Å². The summed E-state index contributed by atoms with van der Waals surface area (Å²) in [4.78, 5) is 0.104. The molecule has 1 aliphatic rings. The van der Waals surface area contributed by atoms with Crippen molar-refractivity contribution in [2.24, 2.45) is 11.7 Å². The van der Waals surface area contributed by atoms with Gasteiger partial charge in [-0.05, 0) is 37.8 Å². The molecule has 1 unspecified atom stereocenters. The van der Waals surface area contributed by atoms with Crippen LogP contribution in [0.25, 0.3) is 0 Å². The van der Waals surface area contributed by atoms with Gasteiger partial charge in [-0.25, -0.2) is 13.1 Å². The molecule has 1 atom stereocenters. The van der Waals surface area contributed by atoms with E-state index in [4.69, 9.17) is 17.3 Å². The smallest absolute Gasteiger partial charge is 0.242 e. The second-order valence-corrected chi connectivity index (χ2v) is 6.99. The predicted molar refractivity (Wildman–Crippen MR) is 79.2 cm³/mol. The van der Waals surface area contributed by atoms with Gasteiger partial charge in [-0.3, -0.25) is 0 Å². The van der Waals surface area contributed by atoms with E-state index in [1.165, 1.54) is 6.07 Å². The van der Waals surface area contributed by atoms with Crippen LogP contribution in [0.15, 0.2) is 29.2 Å². The Bertz CT molecular complexity index is 546. The van der Waals surface area contributed by atoms with Gasteiger partial charge in [0.25, 0.3) is 0 Å². The van der Waals surface area contributed by atoms with Crippen molar-refractivity contribution >= 4 is 34.0 Å². The van der Waals surface area contributed by atoms with E-state index in [1.807, 2.05) is 6.92 Å². The maximum Gasteiger partial charge on any atom is 0.242 e. The Kier molecular flexibility index (Phi) is 5.26. The summed E-state index contributed by atoms with van der Waals surface area (Å²) < 4.78 is 27.3. The first-order valence-corrected chi connectivity index (χ1v) is 7.74. The van der Waals surface area contributed by atoms with Crippen LogP contribution in [0.3, 0.4) is 0 Å². The number of nitrogens with one attached hydrogen (secondary N) is 1. The fourth-order valence-corrected chi connectivity index (χ4v) is 4.03. The lowest BCUT2D eigenvalue weighted by atomic mass is 9.98. The molecular weight excluding hydrogens is 307 g/mol. The molecule has 0 heterocycles. The fourth-order valence-electron chi connectivity index (χ4n) is 2.04. The molecule has 3 N–H and O–H groups in total. The number of benzene rings is 1. The monoisotopic (exact) mass is 324 g/mol. The van der Waals surface area contributed by atoms with Crippen LogP contribution in [-0.2, 0) is 10.0 Å². The number of halogens is 2. The lowest BCUT2D eigenvalue weighted by Gasteiger charge is -2.29. The third-order valence-electron chi connectivity index (χ3n) is 3.40. The fraction of sp³-hybridized carbons (Fsp3) is 0.500. The third-order valence-corrected chi connectivity index (χ3v) is 5.51. The standard InChI is InChI=1S/C12H17ClN2O2S.ClH/c1-12(8-14,9-6-7-9)15-18(16,17)11-5-3-2-4-10(11)13;/h2-5,9,15H,6-8,14H2,1H3;1H. The maximum absolute atomic E-state index is 12.3. The Hall–Kier alpha value is -0.330. The minimum absolute atomic E-state index is 0. The molecule has 19 heavy (non-hydrogen) atoms. The molecule has 1 aromatic carbocycles. The Balaban J connectivity index is 0.00000180. The molecular formula is C12H18Cl2N2O2S. The second-order valence-electron chi connectivity index (χ2n) is 4.93. The van der Waals surface area contributed by atoms with E-state index in [-0.39, 0.29) is 28.9 Å². The minimum atomic E-state index is -3.63. The molecule has 0 radical (unpaired) electrons. The summed E-state index contributed by atoms with van der Waals surface area (Å²) in [6.45, 7) is 2.13. The molecule has 0 aromatic heterocycles. The Morgan fingerprint density at radius 3 is 2.47 bits per heavy atom. The summed E-state index contributed by atoms with van der Waals surface area (Å²) in [7, 11) is -3.63. The Morgan fingerprint density at radius 2 is 2.00 bits per heavy atom. The molecule has 1 saturated carbocycles. The van der Waals surface area contributed by atoms with Gasteiger partial charge in [-0.15, -0.1) is 12.4 Å². The van der Waals surface area contributed by atoms with E-state index in [0.717, 1.165) is 12.8 Å². The van der Waals surface area contributed by atoms with Gasteiger partial charge in [0.05, 0.1) is 5.02 Å². The predicted octanol–water partition coefficient (Wildman–Crippen LogP) is 2.17. The van der Waals surface area contributed by atoms with Crippen molar-refractivity contribution in [3.63, 3.8) is 0 Å². The Labute approximate surface area is 125 Å². The zero-order chi connectivity index (χ0) is 13.4. The van der Waals surface area contributed by atoms with Crippen molar-refractivity contribution in [1.29, 1.82) is 0 Å². The van der Waals surface area contributed by atoms with E-state index in [0.29, 0.717) is 5.92 Å². The normalized spacial score (nSPS) is 18.5. The SMILES string of the molecule is CC(CN)(NS(=O)(=O)c1ccccc1Cl)C1CC1.Cl. The minimum Gasteiger partial charge on any atom is -0.329 e. The van der Waals surface area contributed by atoms with Crippen LogP contribution < -0.4 is 10.5 Å². The Morgan fingerprint density at radius 1 is 1.42 bits per heavy atom. The summed E-state index contributed by atoms with van der Waals surface area (Å²) in [5.41, 5.74) is 5.13. The van der Waals surface area contributed by atoms with Crippen molar-refractivity contribution in [1.82, 2.24) is 4.72 Å². The van der Waals surface area contributed by atoms with Gasteiger partial charge in [0, 0.05) is 12.1 Å². The van der Waals surface area contributed by atoms with Gasteiger partial charge in [0.2, 0.25) is 10.0 Å². The lowest BCUT2D eigenvalue weighted by Crippen LogP contribution is -2.53. The highest BCUT2D eigenvalue weighted by molar-refractivity contribution is 7.89. The largest absolute Gasteiger partial charge is 0.329 e. The van der Waals surface area contributed by atoms with Gasteiger partial charge < -0.3 is 5.73 Å². The van der Waals surface area contributed by atoms with Crippen LogP contribution >= 0.6 is 24.0 Å². The van der Waals surface area contributed by atoms with E-state index < -0.39 is 15.6 Å². The molecule has 0 saturated heterocycles. The highest BCUT2D eigenvalue weighted by Crippen LogP contribution is 2.40. The van der Waals surface area contributed by atoms with Crippen LogP contribution in [0.2, 0.25) is 5.02 Å². The molecule has 0 amide bonds. The van der Waals surface area contributed by atoms with Crippen LogP contribution in [-0.4, -0.2) is 20.5 Å². The summed E-state index contributed by atoms with van der Waals surface area (Å²) in [5, 5.41) is 0.222. The van der Waals surface area contributed by atoms with Gasteiger partial charge in [0.15, 0.2) is 0 Å². The lowest BCUT2D eigenvalue weighted by molar-refractivity contribution is 0.374. The topological polar surface area (TPSA) is 72.2 Å². The molecule has 7 heteroatoms. The maximum atomic E-state index is 12.3. The first-order chi connectivity index (χ1) is 8.39. The number of sulfonamides is 1. The van der Waals surface area contributed by atoms with Crippen molar-refractivity contribution in [3.05, 3.63) is 29.3 Å². The zero-order valence-electron chi connectivity index (χ0n) is 10.6. The van der Waals surface area contributed by atoms with Crippen molar-refractivity contribution in [2.45, 2.75) is 30.2 Å². The first-order valence-electron chi connectivity index (χ1n) is 5.87. The van der Waals surface area contributed by atoms with Crippen LogP contribution in [0.5, 0.6) is 0 Å². The molecule has 1 aromatic rings. The number of hydrogen-bond acceptors (Lipinski definition) is 3. The summed E-state index contributed by atoms with van der Waals surface area (Å²) in [6.07, 6.45) is 2.03. The molecule has 2 rings (SSSR count). The number of rotatable bonds is 5. The highest BCUT2D eigenvalue weighted by Gasteiger charge is 2.43. The van der Waals surface area contributed by atoms with Crippen molar-refractivity contribution < 1.29 is 8.42 Å². The third kappa shape index (κ3) is 3.61. The van der Waals surface area contributed by atoms with Gasteiger partial charge >= 0.3 is 0 Å². The molecule has 1 aliphatic carbocycles. The number of nitrogens with two attached hydrogens (primary N) is 1. The van der Waals surface area contributed by atoms with E-state index in [2.05, 4.69) is 4.72 Å². The zero-order valence-corrected chi connectivity index (χ0v) is 13.0. The van der Waals surface area contributed by atoms with Gasteiger partial charge in [-0.2, -0.15) is 0 Å². The average molecular weight is 325 g/mol. The summed E-state index contributed by atoms with van der Waals surface area (Å²) in [6, 6.07) is 6.41. The average Bonchev–Trinajstić information content (AvgIpc) is 3.12. The van der Waals surface area contributed by atoms with Gasteiger partial charge in [-0.1, -0.05) is 23.7 Å². The van der Waals surface area contributed by atoms with Crippen LogP contribution in [0.1, 0.15) is 19.8 Å². The van der Waals surface area contributed by atoms with Crippen LogP contribution in [0.4, 0.5) is 0 Å². The first kappa shape index (κ1) is 16.7. The molecule has 0 aliphatic heterocycles. The van der Waals surface area contributed by atoms with Crippen LogP contribution in [0, 0.1) is 5.92 Å². The highest BCUT2D eigenvalue weighted by atomic mass is 35.5. The summed E-state index contributed by atoms with van der Waals surface area (Å²) in [5.74, 6) is 0.319. The quantitative estimate of drug-likeness (QED) is 0.871. The molecule has 1 fully saturated rings. The van der Waals surface area contributed by atoms with Crippen molar-refractivity contribution in [2.75, 3.05) is 6.54 Å². The number of hydrogen-bond donors (Lipinski definition) is 2. The van der Waals surface area contributed by atoms with E-state index >= 15 is 0 Å². The molecule has 108 valence electrons. The molecule has 4 nitrogen and oxygen atoms in total.